The van der Waals surface area contributed by atoms with E-state index in [1.807, 2.05) is 0 Å². The van der Waals surface area contributed by atoms with Crippen molar-refractivity contribution in [1.29, 1.82) is 0 Å². The second kappa shape index (κ2) is 5.22. The fraction of sp³-hybridized carbons (Fsp3) is 0.333. The van der Waals surface area contributed by atoms with Crippen molar-refractivity contribution < 1.29 is 22.3 Å². The van der Waals surface area contributed by atoms with Crippen LogP contribution < -0.4 is 4.72 Å². The summed E-state index contributed by atoms with van der Waals surface area (Å²) in [5.74, 6) is -3.32. The van der Waals surface area contributed by atoms with Crippen LogP contribution in [0.25, 0.3) is 0 Å². The molecule has 2 N–H and O–H groups in total. The third kappa shape index (κ3) is 3.74. The zero-order valence-corrected chi connectivity index (χ0v) is 9.05. The van der Waals surface area contributed by atoms with E-state index in [9.17, 15) is 17.2 Å². The number of hydrogen-bond acceptors (Lipinski definition) is 3. The molecule has 0 heterocycles. The number of alkyl halides is 2. The van der Waals surface area contributed by atoms with Crippen molar-refractivity contribution in [3.63, 3.8) is 0 Å². The molecule has 0 bridgehead atoms. The van der Waals surface area contributed by atoms with Gasteiger partial charge in [-0.2, -0.15) is 8.78 Å². The molecule has 1 aromatic carbocycles. The minimum Gasteiger partial charge on any atom is -0.508 e. The first-order valence-corrected chi connectivity index (χ1v) is 6.01. The van der Waals surface area contributed by atoms with E-state index in [-0.39, 0.29) is 18.7 Å². The van der Waals surface area contributed by atoms with Gasteiger partial charge in [-0.25, -0.2) is 13.1 Å². The smallest absolute Gasteiger partial charge is 0.350 e. The molecule has 4 nitrogen and oxygen atoms in total. The van der Waals surface area contributed by atoms with E-state index in [2.05, 4.69) is 0 Å². The van der Waals surface area contributed by atoms with Crippen molar-refractivity contribution in [3.8, 4) is 5.75 Å². The summed E-state index contributed by atoms with van der Waals surface area (Å²) in [7, 11) is -4.51. The highest BCUT2D eigenvalue weighted by molar-refractivity contribution is 7.89. The molecule has 0 aliphatic heterocycles. The highest BCUT2D eigenvalue weighted by atomic mass is 32.2. The molecule has 1 rings (SSSR count). The van der Waals surface area contributed by atoms with E-state index in [4.69, 9.17) is 5.11 Å². The van der Waals surface area contributed by atoms with Gasteiger partial charge in [0, 0.05) is 6.54 Å². The van der Waals surface area contributed by atoms with Crippen LogP contribution in [0.15, 0.2) is 24.3 Å². The van der Waals surface area contributed by atoms with Crippen molar-refractivity contribution in [2.24, 2.45) is 0 Å². The summed E-state index contributed by atoms with van der Waals surface area (Å²) in [6.45, 7) is -0.0998. The first-order chi connectivity index (χ1) is 7.42. The van der Waals surface area contributed by atoms with Crippen molar-refractivity contribution in [2.75, 3.05) is 6.54 Å². The molecule has 0 aromatic heterocycles. The Hall–Kier alpha value is -1.21. The average molecular weight is 251 g/mol. The lowest BCUT2D eigenvalue weighted by Gasteiger charge is -2.05. The minimum atomic E-state index is -4.51. The number of halogens is 2. The molecule has 0 unspecified atom stereocenters. The average Bonchev–Trinajstić information content (AvgIpc) is 2.20. The minimum absolute atomic E-state index is 0.0944. The third-order valence-corrected chi connectivity index (χ3v) is 2.96. The monoisotopic (exact) mass is 251 g/mol. The van der Waals surface area contributed by atoms with E-state index < -0.39 is 15.8 Å². The van der Waals surface area contributed by atoms with Crippen LogP contribution in [0.4, 0.5) is 8.78 Å². The van der Waals surface area contributed by atoms with Crippen LogP contribution in [0.1, 0.15) is 5.56 Å². The Morgan fingerprint density at radius 1 is 1.25 bits per heavy atom. The number of sulfonamides is 1. The molecule has 0 fully saturated rings. The lowest BCUT2D eigenvalue weighted by atomic mass is 10.1. The van der Waals surface area contributed by atoms with Gasteiger partial charge in [-0.3, -0.25) is 0 Å². The molecule has 0 aliphatic carbocycles. The first kappa shape index (κ1) is 12.9. The first-order valence-electron chi connectivity index (χ1n) is 4.46. The quantitative estimate of drug-likeness (QED) is 0.822. The number of nitrogens with one attached hydrogen (secondary N) is 1. The second-order valence-electron chi connectivity index (χ2n) is 3.12. The number of phenols is 1. The van der Waals surface area contributed by atoms with Crippen LogP contribution in [0, 0.1) is 0 Å². The van der Waals surface area contributed by atoms with Gasteiger partial charge < -0.3 is 5.11 Å². The molecule has 0 saturated heterocycles. The Bertz CT molecular complexity index is 431. The van der Waals surface area contributed by atoms with Gasteiger partial charge in [0.05, 0.1) is 0 Å². The standard InChI is InChI=1S/C9H11F2NO3S/c10-9(11)16(14,15)12-6-5-7-1-3-8(13)4-2-7/h1-4,9,12-13H,5-6H2. The normalized spacial score (nSPS) is 11.9. The van der Waals surface area contributed by atoms with Crippen molar-refractivity contribution in [1.82, 2.24) is 4.72 Å². The van der Waals surface area contributed by atoms with E-state index >= 15 is 0 Å². The van der Waals surface area contributed by atoms with Crippen LogP contribution in [0.3, 0.4) is 0 Å². The van der Waals surface area contributed by atoms with Gasteiger partial charge >= 0.3 is 5.76 Å². The molecular formula is C9H11F2NO3S. The molecule has 0 radical (unpaired) electrons. The number of rotatable bonds is 5. The van der Waals surface area contributed by atoms with Gasteiger partial charge in [0.15, 0.2) is 0 Å². The van der Waals surface area contributed by atoms with Crippen LogP contribution in [0.2, 0.25) is 0 Å². The molecule has 0 amide bonds. The molecule has 1 aromatic rings. The van der Waals surface area contributed by atoms with E-state index in [0.717, 1.165) is 5.56 Å². The Kier molecular flexibility index (Phi) is 4.19. The van der Waals surface area contributed by atoms with E-state index in [0.29, 0.717) is 0 Å². The van der Waals surface area contributed by atoms with Crippen LogP contribution in [0.5, 0.6) is 5.75 Å². The van der Waals surface area contributed by atoms with Crippen LogP contribution >= 0.6 is 0 Å². The predicted molar refractivity (Wildman–Crippen MR) is 54.7 cm³/mol. The van der Waals surface area contributed by atoms with E-state index in [1.54, 1.807) is 16.9 Å². The van der Waals surface area contributed by atoms with Gasteiger partial charge in [0.1, 0.15) is 5.75 Å². The third-order valence-electron chi connectivity index (χ3n) is 1.89. The Balaban J connectivity index is 2.45. The summed E-state index contributed by atoms with van der Waals surface area (Å²) in [5.41, 5.74) is 0.745. The van der Waals surface area contributed by atoms with Crippen molar-refractivity contribution >= 4 is 10.0 Å². The topological polar surface area (TPSA) is 66.4 Å². The molecule has 0 saturated carbocycles. The molecule has 0 aliphatic rings. The fourth-order valence-electron chi connectivity index (χ4n) is 1.06. The lowest BCUT2D eigenvalue weighted by Crippen LogP contribution is -2.31. The zero-order valence-electron chi connectivity index (χ0n) is 8.23. The van der Waals surface area contributed by atoms with Gasteiger partial charge in [0.25, 0.3) is 10.0 Å². The summed E-state index contributed by atoms with van der Waals surface area (Å²) < 4.78 is 46.9. The zero-order chi connectivity index (χ0) is 12.2. The molecule has 0 spiro atoms. The lowest BCUT2D eigenvalue weighted by molar-refractivity contribution is 0.232. The van der Waals surface area contributed by atoms with Gasteiger partial charge in [-0.15, -0.1) is 0 Å². The maximum Gasteiger partial charge on any atom is 0.350 e. The summed E-state index contributed by atoms with van der Waals surface area (Å²) in [6.07, 6.45) is 0.284. The van der Waals surface area contributed by atoms with Crippen LogP contribution in [-0.4, -0.2) is 25.8 Å². The molecule has 7 heteroatoms. The number of aromatic hydroxyl groups is 1. The SMILES string of the molecule is O=S(=O)(NCCc1ccc(O)cc1)C(F)F. The van der Waals surface area contributed by atoms with Crippen LogP contribution in [-0.2, 0) is 16.4 Å². The van der Waals surface area contributed by atoms with E-state index in [1.165, 1.54) is 12.1 Å². The predicted octanol–water partition coefficient (Wildman–Crippen LogP) is 1.08. The van der Waals surface area contributed by atoms with Gasteiger partial charge in [0.2, 0.25) is 0 Å². The molecule has 0 atom stereocenters. The summed E-state index contributed by atoms with van der Waals surface area (Å²) in [4.78, 5) is 0. The molecular weight excluding hydrogens is 240 g/mol. The maximum atomic E-state index is 11.9. The second-order valence-corrected chi connectivity index (χ2v) is 4.85. The molecule has 90 valence electrons. The highest BCUT2D eigenvalue weighted by Gasteiger charge is 2.22. The van der Waals surface area contributed by atoms with Crippen molar-refractivity contribution in [3.05, 3.63) is 29.8 Å². The Morgan fingerprint density at radius 2 is 1.81 bits per heavy atom. The van der Waals surface area contributed by atoms with Crippen molar-refractivity contribution in [2.45, 2.75) is 12.2 Å². The highest BCUT2D eigenvalue weighted by Crippen LogP contribution is 2.10. The fourth-order valence-corrected chi connectivity index (χ4v) is 1.58. The number of hydrogen-bond donors (Lipinski definition) is 2. The van der Waals surface area contributed by atoms with Gasteiger partial charge in [-0.05, 0) is 24.1 Å². The largest absolute Gasteiger partial charge is 0.508 e. The summed E-state index contributed by atoms with van der Waals surface area (Å²) >= 11 is 0. The Morgan fingerprint density at radius 3 is 2.31 bits per heavy atom. The van der Waals surface area contributed by atoms with Gasteiger partial charge in [-0.1, -0.05) is 12.1 Å². The number of benzene rings is 1. The maximum absolute atomic E-state index is 11.9. The molecule has 16 heavy (non-hydrogen) atoms. The summed E-state index contributed by atoms with van der Waals surface area (Å²) in [5, 5.41) is 8.97. The number of phenolic OH excluding ortho intramolecular Hbond substituents is 1. The Labute approximate surface area is 92.0 Å². The summed E-state index contributed by atoms with van der Waals surface area (Å²) in [6, 6.07) is 6.06.